The molecule has 19 heavy (non-hydrogen) atoms. The van der Waals surface area contributed by atoms with Crippen LogP contribution in [0, 0.1) is 0 Å². The first-order valence-corrected chi connectivity index (χ1v) is 8.00. The largest absolute Gasteiger partial charge is 0.264 e. The van der Waals surface area contributed by atoms with Crippen LogP contribution < -0.4 is 4.72 Å². The van der Waals surface area contributed by atoms with E-state index in [1.54, 1.807) is 30.6 Å². The molecule has 1 N–H and O–H groups in total. The molecule has 100 valence electrons. The van der Waals surface area contributed by atoms with Gasteiger partial charge in [-0.3, -0.25) is 4.98 Å². The number of sulfonamides is 1. The van der Waals surface area contributed by atoms with E-state index in [9.17, 15) is 8.42 Å². The molecule has 0 spiro atoms. The number of rotatable bonds is 3. The molecule has 0 saturated heterocycles. The van der Waals surface area contributed by atoms with Crippen molar-refractivity contribution in [2.45, 2.75) is 36.6 Å². The minimum atomic E-state index is -3.45. The minimum Gasteiger partial charge on any atom is -0.264 e. The van der Waals surface area contributed by atoms with Gasteiger partial charge in [0.05, 0.1) is 4.90 Å². The van der Waals surface area contributed by atoms with Crippen LogP contribution in [0.1, 0.15) is 25.7 Å². The molecule has 1 aromatic heterocycles. The van der Waals surface area contributed by atoms with Gasteiger partial charge in [0.1, 0.15) is 0 Å². The van der Waals surface area contributed by atoms with Crippen LogP contribution in [0.15, 0.2) is 41.6 Å². The Labute approximate surface area is 112 Å². The Morgan fingerprint density at radius 2 is 1.95 bits per heavy atom. The predicted molar refractivity (Wildman–Crippen MR) is 74.3 cm³/mol. The quantitative estimate of drug-likeness (QED) is 0.936. The van der Waals surface area contributed by atoms with Gasteiger partial charge in [-0.1, -0.05) is 25.0 Å². The normalized spacial score (nSPS) is 17.1. The van der Waals surface area contributed by atoms with Gasteiger partial charge in [-0.15, -0.1) is 0 Å². The summed E-state index contributed by atoms with van der Waals surface area (Å²) in [7, 11) is -3.45. The van der Waals surface area contributed by atoms with Crippen LogP contribution in [0.4, 0.5) is 0 Å². The van der Waals surface area contributed by atoms with E-state index in [1.165, 1.54) is 0 Å². The summed E-state index contributed by atoms with van der Waals surface area (Å²) in [6.45, 7) is 0. The topological polar surface area (TPSA) is 59.1 Å². The fourth-order valence-electron chi connectivity index (χ4n) is 2.65. The van der Waals surface area contributed by atoms with Crippen molar-refractivity contribution in [1.82, 2.24) is 9.71 Å². The molecule has 0 radical (unpaired) electrons. The zero-order chi connectivity index (χ0) is 13.3. The number of pyridine rings is 1. The Bertz CT molecular complexity index is 686. The first kappa shape index (κ1) is 12.6. The lowest BCUT2D eigenvalue weighted by Gasteiger charge is -2.13. The summed E-state index contributed by atoms with van der Waals surface area (Å²) >= 11 is 0. The molecule has 1 aliphatic carbocycles. The highest BCUT2D eigenvalue weighted by molar-refractivity contribution is 7.89. The molecule has 2 aromatic rings. The molecule has 1 aliphatic rings. The minimum absolute atomic E-state index is 0.0853. The molecular formula is C14H16N2O2S. The van der Waals surface area contributed by atoms with Gasteiger partial charge in [0.25, 0.3) is 0 Å². The molecule has 1 saturated carbocycles. The maximum absolute atomic E-state index is 12.5. The summed E-state index contributed by atoms with van der Waals surface area (Å²) in [6.07, 6.45) is 7.39. The second-order valence-electron chi connectivity index (χ2n) is 4.96. The van der Waals surface area contributed by atoms with Gasteiger partial charge in [0, 0.05) is 29.2 Å². The third-order valence-corrected chi connectivity index (χ3v) is 5.19. The summed E-state index contributed by atoms with van der Waals surface area (Å²) in [5.41, 5.74) is 0. The van der Waals surface area contributed by atoms with E-state index in [0.717, 1.165) is 36.5 Å². The zero-order valence-electron chi connectivity index (χ0n) is 10.5. The lowest BCUT2D eigenvalue weighted by molar-refractivity contribution is 0.553. The van der Waals surface area contributed by atoms with E-state index in [2.05, 4.69) is 9.71 Å². The van der Waals surface area contributed by atoms with Crippen molar-refractivity contribution in [1.29, 1.82) is 0 Å². The number of aromatic nitrogens is 1. The summed E-state index contributed by atoms with van der Waals surface area (Å²) in [5, 5.41) is 1.57. The Hall–Kier alpha value is -1.46. The van der Waals surface area contributed by atoms with Crippen molar-refractivity contribution in [3.8, 4) is 0 Å². The van der Waals surface area contributed by atoms with Crippen LogP contribution in [0.3, 0.4) is 0 Å². The number of nitrogens with zero attached hydrogens (tertiary/aromatic N) is 1. The van der Waals surface area contributed by atoms with E-state index in [4.69, 9.17) is 0 Å². The van der Waals surface area contributed by atoms with Crippen LogP contribution in [-0.4, -0.2) is 19.4 Å². The Morgan fingerprint density at radius 1 is 1.16 bits per heavy atom. The van der Waals surface area contributed by atoms with Gasteiger partial charge in [-0.25, -0.2) is 13.1 Å². The smallest absolute Gasteiger partial charge is 0.241 e. The van der Waals surface area contributed by atoms with Crippen LogP contribution in [0.25, 0.3) is 10.8 Å². The van der Waals surface area contributed by atoms with E-state index >= 15 is 0 Å². The first-order chi connectivity index (χ1) is 9.17. The van der Waals surface area contributed by atoms with Gasteiger partial charge in [0.2, 0.25) is 10.0 Å². The fraction of sp³-hybridized carbons (Fsp3) is 0.357. The Balaban J connectivity index is 2.02. The number of nitrogens with one attached hydrogen (secondary N) is 1. The molecule has 0 aliphatic heterocycles. The number of hydrogen-bond acceptors (Lipinski definition) is 3. The average molecular weight is 276 g/mol. The van der Waals surface area contributed by atoms with Gasteiger partial charge < -0.3 is 0 Å². The molecule has 0 unspecified atom stereocenters. The Morgan fingerprint density at radius 3 is 2.74 bits per heavy atom. The predicted octanol–water partition coefficient (Wildman–Crippen LogP) is 2.46. The third kappa shape index (κ3) is 2.48. The molecule has 5 heteroatoms. The number of hydrogen-bond donors (Lipinski definition) is 1. The second kappa shape index (κ2) is 4.90. The van der Waals surface area contributed by atoms with Gasteiger partial charge >= 0.3 is 0 Å². The highest BCUT2D eigenvalue weighted by Gasteiger charge is 2.24. The molecule has 3 rings (SSSR count). The van der Waals surface area contributed by atoms with Crippen LogP contribution in [0.5, 0.6) is 0 Å². The standard InChI is InChI=1S/C14H16N2O2S/c17-19(18,16-12-5-1-2-6-12)14-7-3-4-11-10-15-9-8-13(11)14/h3-4,7-10,12,16H,1-2,5-6H2. The molecule has 1 fully saturated rings. The highest BCUT2D eigenvalue weighted by Crippen LogP contribution is 2.24. The molecule has 4 nitrogen and oxygen atoms in total. The van der Waals surface area contributed by atoms with E-state index < -0.39 is 10.0 Å². The van der Waals surface area contributed by atoms with Crippen molar-refractivity contribution >= 4 is 20.8 Å². The Kier molecular flexibility index (Phi) is 3.24. The first-order valence-electron chi connectivity index (χ1n) is 6.52. The van der Waals surface area contributed by atoms with Crippen molar-refractivity contribution in [2.24, 2.45) is 0 Å². The summed E-state index contributed by atoms with van der Waals surface area (Å²) in [5.74, 6) is 0. The molecule has 1 heterocycles. The lowest BCUT2D eigenvalue weighted by Crippen LogP contribution is -2.32. The maximum Gasteiger partial charge on any atom is 0.241 e. The van der Waals surface area contributed by atoms with E-state index in [0.29, 0.717) is 4.90 Å². The zero-order valence-corrected chi connectivity index (χ0v) is 11.4. The number of fused-ring (bicyclic) bond motifs is 1. The lowest BCUT2D eigenvalue weighted by atomic mass is 10.2. The molecule has 0 bridgehead atoms. The number of benzene rings is 1. The molecule has 1 aromatic carbocycles. The summed E-state index contributed by atoms with van der Waals surface area (Å²) in [4.78, 5) is 4.37. The van der Waals surface area contributed by atoms with Crippen molar-refractivity contribution in [2.75, 3.05) is 0 Å². The van der Waals surface area contributed by atoms with Gasteiger partial charge in [-0.05, 0) is 25.0 Å². The second-order valence-corrected chi connectivity index (χ2v) is 6.64. The van der Waals surface area contributed by atoms with Crippen molar-refractivity contribution < 1.29 is 8.42 Å². The van der Waals surface area contributed by atoms with Crippen molar-refractivity contribution in [3.63, 3.8) is 0 Å². The maximum atomic E-state index is 12.5. The SMILES string of the molecule is O=S(=O)(NC1CCCC1)c1cccc2cnccc12. The third-order valence-electron chi connectivity index (χ3n) is 3.61. The van der Waals surface area contributed by atoms with Crippen molar-refractivity contribution in [3.05, 3.63) is 36.7 Å². The van der Waals surface area contributed by atoms with E-state index in [1.807, 2.05) is 6.07 Å². The van der Waals surface area contributed by atoms with Crippen LogP contribution in [-0.2, 0) is 10.0 Å². The van der Waals surface area contributed by atoms with Crippen LogP contribution in [0.2, 0.25) is 0 Å². The fourth-order valence-corrected chi connectivity index (χ4v) is 4.19. The average Bonchev–Trinajstić information content (AvgIpc) is 2.90. The molecule has 0 amide bonds. The van der Waals surface area contributed by atoms with Gasteiger partial charge in [0.15, 0.2) is 0 Å². The molecular weight excluding hydrogens is 260 g/mol. The summed E-state index contributed by atoms with van der Waals surface area (Å²) < 4.78 is 27.8. The van der Waals surface area contributed by atoms with Gasteiger partial charge in [-0.2, -0.15) is 0 Å². The monoisotopic (exact) mass is 276 g/mol. The van der Waals surface area contributed by atoms with Crippen LogP contribution >= 0.6 is 0 Å². The summed E-state index contributed by atoms with van der Waals surface area (Å²) in [6, 6.07) is 7.12. The van der Waals surface area contributed by atoms with E-state index in [-0.39, 0.29) is 6.04 Å². The molecule has 0 atom stereocenters. The highest BCUT2D eigenvalue weighted by atomic mass is 32.2.